The van der Waals surface area contributed by atoms with Crippen LogP contribution in [0.15, 0.2) is 24.3 Å². The van der Waals surface area contributed by atoms with Crippen molar-refractivity contribution < 1.29 is 23.4 Å². The molecule has 2 N–H and O–H groups in total. The number of carbonyl (C=O) groups excluding carboxylic acids is 1. The van der Waals surface area contributed by atoms with E-state index in [4.69, 9.17) is 19.9 Å². The summed E-state index contributed by atoms with van der Waals surface area (Å²) in [5.41, 5.74) is 6.06. The predicted molar refractivity (Wildman–Crippen MR) is 86.0 cm³/mol. The number of primary amides is 1. The minimum absolute atomic E-state index is 0.0741. The van der Waals surface area contributed by atoms with Crippen LogP contribution in [0, 0.1) is 5.82 Å². The molecule has 1 aromatic carbocycles. The van der Waals surface area contributed by atoms with Crippen LogP contribution in [0.4, 0.5) is 9.18 Å². The molecule has 1 heterocycles. The maximum atomic E-state index is 13.3. The van der Waals surface area contributed by atoms with E-state index in [0.717, 1.165) is 44.1 Å². The zero-order valence-electron chi connectivity index (χ0n) is 13.8. The van der Waals surface area contributed by atoms with Gasteiger partial charge in [0.1, 0.15) is 5.82 Å². The van der Waals surface area contributed by atoms with E-state index in [2.05, 4.69) is 0 Å². The van der Waals surface area contributed by atoms with Gasteiger partial charge in [0.2, 0.25) is 0 Å². The molecule has 1 aliphatic carbocycles. The fourth-order valence-electron chi connectivity index (χ4n) is 3.96. The van der Waals surface area contributed by atoms with Crippen molar-refractivity contribution >= 4 is 6.09 Å². The molecular formula is C18H24FNO4. The van der Waals surface area contributed by atoms with Crippen LogP contribution in [-0.2, 0) is 19.6 Å². The molecule has 0 unspecified atom stereocenters. The minimum Gasteiger partial charge on any atom is -0.450 e. The molecule has 2 fully saturated rings. The fourth-order valence-corrected chi connectivity index (χ4v) is 3.96. The van der Waals surface area contributed by atoms with E-state index in [9.17, 15) is 9.18 Å². The molecule has 6 heteroatoms. The molecule has 1 aromatic rings. The Bertz CT molecular complexity index is 559. The molecule has 1 aliphatic heterocycles. The first kappa shape index (κ1) is 17.2. The number of hydrogen-bond donors (Lipinski definition) is 1. The summed E-state index contributed by atoms with van der Waals surface area (Å²) in [5, 5.41) is 0. The van der Waals surface area contributed by atoms with Crippen molar-refractivity contribution in [1.82, 2.24) is 0 Å². The maximum Gasteiger partial charge on any atom is 0.404 e. The third-order valence-corrected chi connectivity index (χ3v) is 5.28. The van der Waals surface area contributed by atoms with Gasteiger partial charge in [0, 0.05) is 12.8 Å². The van der Waals surface area contributed by atoms with Crippen LogP contribution >= 0.6 is 0 Å². The van der Waals surface area contributed by atoms with E-state index in [1.165, 1.54) is 12.1 Å². The second-order valence-electron chi connectivity index (χ2n) is 6.67. The summed E-state index contributed by atoms with van der Waals surface area (Å²) in [4.78, 5) is 10.7. The highest BCUT2D eigenvalue weighted by Crippen LogP contribution is 2.48. The van der Waals surface area contributed by atoms with Gasteiger partial charge in [-0.25, -0.2) is 9.18 Å². The van der Waals surface area contributed by atoms with E-state index in [1.54, 1.807) is 0 Å². The Morgan fingerprint density at radius 2 is 1.75 bits per heavy atom. The summed E-state index contributed by atoms with van der Waals surface area (Å²) < 4.78 is 29.8. The Morgan fingerprint density at radius 1 is 1.12 bits per heavy atom. The van der Waals surface area contributed by atoms with Crippen LogP contribution in [0.1, 0.15) is 44.1 Å². The van der Waals surface area contributed by atoms with Crippen molar-refractivity contribution in [2.45, 2.75) is 49.7 Å². The highest BCUT2D eigenvalue weighted by atomic mass is 19.1. The summed E-state index contributed by atoms with van der Waals surface area (Å²) in [5.74, 6) is -0.673. The molecule has 1 saturated carbocycles. The van der Waals surface area contributed by atoms with Crippen LogP contribution in [0.5, 0.6) is 0 Å². The minimum atomic E-state index is -0.749. The predicted octanol–water partition coefficient (Wildman–Crippen LogP) is 3.26. The molecule has 132 valence electrons. The lowest BCUT2D eigenvalue weighted by Gasteiger charge is -2.44. The number of hydrogen-bond acceptors (Lipinski definition) is 4. The number of halogens is 1. The SMILES string of the molecule is NC(=O)OCCCC1(c2ccc(F)cc2)CCC2(CC1)OCCO2. The molecule has 24 heavy (non-hydrogen) atoms. The molecule has 0 atom stereocenters. The van der Waals surface area contributed by atoms with Crippen LogP contribution in [-0.4, -0.2) is 31.7 Å². The Labute approximate surface area is 141 Å². The highest BCUT2D eigenvalue weighted by Gasteiger charge is 2.46. The Balaban J connectivity index is 1.71. The van der Waals surface area contributed by atoms with Crippen molar-refractivity contribution in [2.24, 2.45) is 5.73 Å². The summed E-state index contributed by atoms with van der Waals surface area (Å²) in [7, 11) is 0. The maximum absolute atomic E-state index is 13.3. The molecule has 1 saturated heterocycles. The van der Waals surface area contributed by atoms with Crippen molar-refractivity contribution in [1.29, 1.82) is 0 Å². The molecule has 5 nitrogen and oxygen atoms in total. The Kier molecular flexibility index (Phi) is 5.06. The molecule has 1 amide bonds. The highest BCUT2D eigenvalue weighted by molar-refractivity contribution is 5.64. The first-order chi connectivity index (χ1) is 11.5. The van der Waals surface area contributed by atoms with E-state index >= 15 is 0 Å². The fraction of sp³-hybridized carbons (Fsp3) is 0.611. The van der Waals surface area contributed by atoms with E-state index in [0.29, 0.717) is 19.8 Å². The van der Waals surface area contributed by atoms with Gasteiger partial charge in [0.25, 0.3) is 0 Å². The van der Waals surface area contributed by atoms with Crippen molar-refractivity contribution in [3.05, 3.63) is 35.6 Å². The van der Waals surface area contributed by atoms with Crippen molar-refractivity contribution in [2.75, 3.05) is 19.8 Å². The van der Waals surface area contributed by atoms with Gasteiger partial charge in [-0.05, 0) is 48.8 Å². The second kappa shape index (κ2) is 7.07. The van der Waals surface area contributed by atoms with Gasteiger partial charge in [-0.3, -0.25) is 0 Å². The Morgan fingerprint density at radius 3 is 2.33 bits per heavy atom. The molecular weight excluding hydrogens is 313 g/mol. The van der Waals surface area contributed by atoms with Gasteiger partial charge in [-0.2, -0.15) is 0 Å². The van der Waals surface area contributed by atoms with Crippen LogP contribution in [0.3, 0.4) is 0 Å². The van der Waals surface area contributed by atoms with Gasteiger partial charge in [0.05, 0.1) is 19.8 Å². The smallest absolute Gasteiger partial charge is 0.404 e. The van der Waals surface area contributed by atoms with E-state index in [1.807, 2.05) is 12.1 Å². The third-order valence-electron chi connectivity index (χ3n) is 5.28. The number of nitrogens with two attached hydrogens (primary N) is 1. The summed E-state index contributed by atoms with van der Waals surface area (Å²) in [6.07, 6.45) is 4.25. The van der Waals surface area contributed by atoms with Crippen LogP contribution in [0.25, 0.3) is 0 Å². The molecule has 1 spiro atoms. The molecule has 0 radical (unpaired) electrons. The zero-order chi connectivity index (χ0) is 17.0. The topological polar surface area (TPSA) is 70.8 Å². The number of ether oxygens (including phenoxy) is 3. The van der Waals surface area contributed by atoms with Gasteiger partial charge in [0.15, 0.2) is 5.79 Å². The largest absolute Gasteiger partial charge is 0.450 e. The lowest BCUT2D eigenvalue weighted by atomic mass is 9.65. The number of carbonyl (C=O) groups is 1. The third kappa shape index (κ3) is 3.70. The van der Waals surface area contributed by atoms with Crippen molar-refractivity contribution in [3.8, 4) is 0 Å². The van der Waals surface area contributed by atoms with E-state index in [-0.39, 0.29) is 11.2 Å². The quantitative estimate of drug-likeness (QED) is 0.837. The van der Waals surface area contributed by atoms with Crippen LogP contribution in [0.2, 0.25) is 0 Å². The monoisotopic (exact) mass is 337 g/mol. The van der Waals surface area contributed by atoms with Gasteiger partial charge < -0.3 is 19.9 Å². The number of rotatable bonds is 5. The molecule has 2 aliphatic rings. The standard InChI is InChI=1S/C18H24FNO4/c19-15-4-2-14(3-5-15)17(6-1-11-22-16(20)21)7-9-18(10-8-17)23-12-13-24-18/h2-5H,1,6-13H2,(H2,20,21). The van der Waals surface area contributed by atoms with Crippen LogP contribution < -0.4 is 5.73 Å². The number of benzene rings is 1. The van der Waals surface area contributed by atoms with Gasteiger partial charge >= 0.3 is 6.09 Å². The zero-order valence-corrected chi connectivity index (χ0v) is 13.8. The average Bonchev–Trinajstić information content (AvgIpc) is 3.03. The molecule has 3 rings (SSSR count). The second-order valence-corrected chi connectivity index (χ2v) is 6.67. The number of amides is 1. The summed E-state index contributed by atoms with van der Waals surface area (Å²) >= 11 is 0. The Hall–Kier alpha value is -1.66. The first-order valence-corrected chi connectivity index (χ1v) is 8.50. The lowest BCUT2D eigenvalue weighted by molar-refractivity contribution is -0.185. The summed E-state index contributed by atoms with van der Waals surface area (Å²) in [6.45, 7) is 1.60. The van der Waals surface area contributed by atoms with Gasteiger partial charge in [-0.15, -0.1) is 0 Å². The van der Waals surface area contributed by atoms with E-state index < -0.39 is 11.9 Å². The molecule has 0 aromatic heterocycles. The van der Waals surface area contributed by atoms with Gasteiger partial charge in [-0.1, -0.05) is 12.1 Å². The molecule has 0 bridgehead atoms. The average molecular weight is 337 g/mol. The normalized spacial score (nSPS) is 21.7. The van der Waals surface area contributed by atoms with Crippen molar-refractivity contribution in [3.63, 3.8) is 0 Å². The summed E-state index contributed by atoms with van der Waals surface area (Å²) in [6, 6.07) is 6.73. The lowest BCUT2D eigenvalue weighted by Crippen LogP contribution is -2.42. The first-order valence-electron chi connectivity index (χ1n) is 8.50.